The highest BCUT2D eigenvalue weighted by atomic mass is 16.5. The van der Waals surface area contributed by atoms with Gasteiger partial charge in [0.1, 0.15) is 0 Å². The number of hydrogen-bond acceptors (Lipinski definition) is 6. The van der Waals surface area contributed by atoms with E-state index >= 15 is 0 Å². The standard InChI is InChI=1S/C13H25N3O3/c1-17-10-11-18-9-7-12-15-13(19-16-12)6-4-2-3-5-8-14/h2-11,14H2,1H3. The number of hydrogen-bond donors (Lipinski definition) is 1. The average Bonchev–Trinajstić information content (AvgIpc) is 2.86. The van der Waals surface area contributed by atoms with E-state index < -0.39 is 0 Å². The summed E-state index contributed by atoms with van der Waals surface area (Å²) >= 11 is 0. The normalized spacial score (nSPS) is 11.1. The Morgan fingerprint density at radius 2 is 1.89 bits per heavy atom. The van der Waals surface area contributed by atoms with Crippen molar-refractivity contribution in [2.45, 2.75) is 38.5 Å². The molecule has 0 saturated heterocycles. The van der Waals surface area contributed by atoms with E-state index in [2.05, 4.69) is 10.1 Å². The second kappa shape index (κ2) is 10.9. The predicted octanol–water partition coefficient (Wildman–Crippen LogP) is 1.34. The molecule has 6 heteroatoms. The molecule has 0 aliphatic rings. The number of unbranched alkanes of at least 4 members (excludes halogenated alkanes) is 3. The van der Waals surface area contributed by atoms with Gasteiger partial charge in [0.15, 0.2) is 5.82 Å². The van der Waals surface area contributed by atoms with Crippen LogP contribution in [0.5, 0.6) is 0 Å². The van der Waals surface area contributed by atoms with Crippen molar-refractivity contribution in [3.63, 3.8) is 0 Å². The van der Waals surface area contributed by atoms with Gasteiger partial charge in [-0.15, -0.1) is 0 Å². The quantitative estimate of drug-likeness (QED) is 0.577. The van der Waals surface area contributed by atoms with E-state index in [1.807, 2.05) is 0 Å². The van der Waals surface area contributed by atoms with E-state index in [0.29, 0.717) is 26.2 Å². The third-order valence-electron chi connectivity index (χ3n) is 2.76. The average molecular weight is 271 g/mol. The van der Waals surface area contributed by atoms with Gasteiger partial charge in [-0.05, 0) is 19.4 Å². The molecule has 0 bridgehead atoms. The molecule has 2 N–H and O–H groups in total. The first-order valence-electron chi connectivity index (χ1n) is 6.95. The SMILES string of the molecule is COCCOCCc1noc(CCCCCCN)n1. The molecule has 6 nitrogen and oxygen atoms in total. The molecule has 0 aliphatic carbocycles. The van der Waals surface area contributed by atoms with Gasteiger partial charge in [-0.25, -0.2) is 0 Å². The summed E-state index contributed by atoms with van der Waals surface area (Å²) in [5.41, 5.74) is 5.44. The van der Waals surface area contributed by atoms with Crippen LogP contribution in [0.4, 0.5) is 0 Å². The second-order valence-corrected chi connectivity index (χ2v) is 4.41. The van der Waals surface area contributed by atoms with Gasteiger partial charge in [0.05, 0.1) is 19.8 Å². The van der Waals surface area contributed by atoms with Gasteiger partial charge >= 0.3 is 0 Å². The summed E-state index contributed by atoms with van der Waals surface area (Å²) < 4.78 is 15.4. The van der Waals surface area contributed by atoms with Gasteiger partial charge in [-0.2, -0.15) is 4.98 Å². The topological polar surface area (TPSA) is 83.4 Å². The summed E-state index contributed by atoms with van der Waals surface area (Å²) in [6, 6.07) is 0. The van der Waals surface area contributed by atoms with Gasteiger partial charge in [-0.1, -0.05) is 18.0 Å². The lowest BCUT2D eigenvalue weighted by molar-refractivity contribution is 0.0714. The largest absolute Gasteiger partial charge is 0.382 e. The Bertz CT molecular complexity index is 289. The molecule has 1 aromatic heterocycles. The number of rotatable bonds is 12. The molecule has 19 heavy (non-hydrogen) atoms. The highest BCUT2D eigenvalue weighted by molar-refractivity contribution is 4.86. The van der Waals surface area contributed by atoms with Crippen LogP contribution in [0.1, 0.15) is 37.4 Å². The zero-order valence-electron chi connectivity index (χ0n) is 11.8. The minimum Gasteiger partial charge on any atom is -0.382 e. The Morgan fingerprint density at radius 3 is 2.68 bits per heavy atom. The van der Waals surface area contributed by atoms with Crippen LogP contribution >= 0.6 is 0 Å². The first-order chi connectivity index (χ1) is 9.36. The Morgan fingerprint density at radius 1 is 1.05 bits per heavy atom. The Kier molecular flexibility index (Phi) is 9.22. The lowest BCUT2D eigenvalue weighted by atomic mass is 10.1. The minimum absolute atomic E-state index is 0.596. The van der Waals surface area contributed by atoms with E-state index in [-0.39, 0.29) is 0 Å². The number of nitrogens with zero attached hydrogens (tertiary/aromatic N) is 2. The Balaban J connectivity index is 2.07. The van der Waals surface area contributed by atoms with Crippen molar-refractivity contribution in [1.82, 2.24) is 10.1 Å². The first-order valence-corrected chi connectivity index (χ1v) is 6.95. The molecule has 0 spiro atoms. The maximum Gasteiger partial charge on any atom is 0.226 e. The van der Waals surface area contributed by atoms with E-state index in [0.717, 1.165) is 43.9 Å². The number of methoxy groups -OCH3 is 1. The maximum absolute atomic E-state index is 5.44. The fourth-order valence-electron chi connectivity index (χ4n) is 1.68. The van der Waals surface area contributed by atoms with E-state index in [4.69, 9.17) is 19.7 Å². The molecule has 0 fully saturated rings. The summed E-state index contributed by atoms with van der Waals surface area (Å²) in [6.45, 7) is 2.58. The van der Waals surface area contributed by atoms with E-state index in [9.17, 15) is 0 Å². The Labute approximate surface area is 114 Å². The van der Waals surface area contributed by atoms with Crippen LogP contribution in [0, 0.1) is 0 Å². The summed E-state index contributed by atoms with van der Waals surface area (Å²) in [4.78, 5) is 4.33. The second-order valence-electron chi connectivity index (χ2n) is 4.41. The number of nitrogens with two attached hydrogens (primary N) is 1. The fourth-order valence-corrected chi connectivity index (χ4v) is 1.68. The maximum atomic E-state index is 5.44. The first kappa shape index (κ1) is 16.1. The van der Waals surface area contributed by atoms with Crippen molar-refractivity contribution in [1.29, 1.82) is 0 Å². The van der Waals surface area contributed by atoms with Gasteiger partial charge in [-0.3, -0.25) is 0 Å². The van der Waals surface area contributed by atoms with Crippen LogP contribution in [0.15, 0.2) is 4.52 Å². The molecule has 110 valence electrons. The van der Waals surface area contributed by atoms with Gasteiger partial charge in [0.2, 0.25) is 5.89 Å². The van der Waals surface area contributed by atoms with E-state index in [1.165, 1.54) is 6.42 Å². The lowest BCUT2D eigenvalue weighted by Crippen LogP contribution is -2.05. The highest BCUT2D eigenvalue weighted by Crippen LogP contribution is 2.06. The van der Waals surface area contributed by atoms with Crippen LogP contribution in [0.2, 0.25) is 0 Å². The molecular formula is C13H25N3O3. The number of aromatic nitrogens is 2. The molecule has 0 amide bonds. The van der Waals surface area contributed by atoms with Gasteiger partial charge in [0, 0.05) is 20.0 Å². The molecular weight excluding hydrogens is 246 g/mol. The zero-order chi connectivity index (χ0) is 13.8. The van der Waals surface area contributed by atoms with Crippen LogP contribution in [0.3, 0.4) is 0 Å². The fraction of sp³-hybridized carbons (Fsp3) is 0.846. The third-order valence-corrected chi connectivity index (χ3v) is 2.76. The number of aryl methyl sites for hydroxylation is 1. The molecule has 0 saturated carbocycles. The summed E-state index contributed by atoms with van der Waals surface area (Å²) in [6.07, 6.45) is 6.03. The van der Waals surface area contributed by atoms with Crippen LogP contribution in [-0.4, -0.2) is 43.6 Å². The molecule has 1 aromatic rings. The molecule has 0 aromatic carbocycles. The number of ether oxygens (including phenoxy) is 2. The van der Waals surface area contributed by atoms with Crippen molar-refractivity contribution < 1.29 is 14.0 Å². The Hall–Kier alpha value is -0.980. The van der Waals surface area contributed by atoms with Crippen LogP contribution in [0.25, 0.3) is 0 Å². The van der Waals surface area contributed by atoms with Crippen molar-refractivity contribution in [2.24, 2.45) is 5.73 Å². The highest BCUT2D eigenvalue weighted by Gasteiger charge is 2.05. The molecule has 0 aliphatic heterocycles. The monoisotopic (exact) mass is 271 g/mol. The third kappa shape index (κ3) is 7.92. The van der Waals surface area contributed by atoms with Crippen LogP contribution in [-0.2, 0) is 22.3 Å². The smallest absolute Gasteiger partial charge is 0.226 e. The molecule has 1 heterocycles. The summed E-state index contributed by atoms with van der Waals surface area (Å²) in [7, 11) is 1.66. The molecule has 0 atom stereocenters. The zero-order valence-corrected chi connectivity index (χ0v) is 11.8. The van der Waals surface area contributed by atoms with Crippen molar-refractivity contribution in [3.05, 3.63) is 11.7 Å². The lowest BCUT2D eigenvalue weighted by Gasteiger charge is -2.00. The van der Waals surface area contributed by atoms with Crippen molar-refractivity contribution >= 4 is 0 Å². The summed E-state index contributed by atoms with van der Waals surface area (Å²) in [5.74, 6) is 1.44. The van der Waals surface area contributed by atoms with Crippen molar-refractivity contribution in [2.75, 3.05) is 33.5 Å². The van der Waals surface area contributed by atoms with E-state index in [1.54, 1.807) is 7.11 Å². The van der Waals surface area contributed by atoms with Crippen molar-refractivity contribution in [3.8, 4) is 0 Å². The molecule has 1 rings (SSSR count). The minimum atomic E-state index is 0.596. The van der Waals surface area contributed by atoms with Gasteiger partial charge in [0.25, 0.3) is 0 Å². The summed E-state index contributed by atoms with van der Waals surface area (Å²) in [5, 5.41) is 3.93. The van der Waals surface area contributed by atoms with Crippen LogP contribution < -0.4 is 5.73 Å². The molecule has 0 unspecified atom stereocenters. The van der Waals surface area contributed by atoms with Gasteiger partial charge < -0.3 is 19.7 Å². The molecule has 0 radical (unpaired) electrons. The predicted molar refractivity (Wildman–Crippen MR) is 71.9 cm³/mol.